The monoisotopic (exact) mass is 266 g/mol. The fourth-order valence-electron chi connectivity index (χ4n) is 2.28. The van der Waals surface area contributed by atoms with Crippen molar-refractivity contribution in [3.8, 4) is 5.75 Å². The van der Waals surface area contributed by atoms with Gasteiger partial charge in [0.15, 0.2) is 0 Å². The Morgan fingerprint density at radius 3 is 2.50 bits per heavy atom. The van der Waals surface area contributed by atoms with Gasteiger partial charge in [0.05, 0.1) is 0 Å². The number of thiol groups is 1. The van der Waals surface area contributed by atoms with Crippen molar-refractivity contribution in [2.75, 3.05) is 0 Å². The van der Waals surface area contributed by atoms with E-state index in [2.05, 4.69) is 25.6 Å². The molecule has 18 heavy (non-hydrogen) atoms. The molecule has 0 bridgehead atoms. The first-order valence-corrected chi connectivity index (χ1v) is 7.65. The molecule has 0 aliphatic carbocycles. The normalized spacial score (nSPS) is 12.6. The average molecular weight is 266 g/mol. The molecule has 0 aliphatic rings. The van der Waals surface area contributed by atoms with Crippen molar-refractivity contribution in [3.63, 3.8) is 0 Å². The SMILES string of the molecule is CCCCCCCCC(S)c1cccc(O)c1C. The van der Waals surface area contributed by atoms with Crippen LogP contribution < -0.4 is 0 Å². The summed E-state index contributed by atoms with van der Waals surface area (Å²) in [5.74, 6) is 0.384. The molecular formula is C16H26OS. The molecule has 0 saturated carbocycles. The van der Waals surface area contributed by atoms with Crippen LogP contribution in [0.4, 0.5) is 0 Å². The average Bonchev–Trinajstić information content (AvgIpc) is 2.36. The minimum absolute atomic E-state index is 0.253. The molecule has 1 atom stereocenters. The van der Waals surface area contributed by atoms with Crippen molar-refractivity contribution in [2.45, 2.75) is 64.0 Å². The lowest BCUT2D eigenvalue weighted by Gasteiger charge is -2.14. The van der Waals surface area contributed by atoms with E-state index in [1.165, 1.54) is 44.1 Å². The molecule has 1 aromatic carbocycles. The van der Waals surface area contributed by atoms with Crippen molar-refractivity contribution in [2.24, 2.45) is 0 Å². The first-order valence-electron chi connectivity index (χ1n) is 7.13. The summed E-state index contributed by atoms with van der Waals surface area (Å²) in [5, 5.41) is 9.94. The highest BCUT2D eigenvalue weighted by Crippen LogP contribution is 2.32. The minimum Gasteiger partial charge on any atom is -0.508 e. The lowest BCUT2D eigenvalue weighted by Crippen LogP contribution is -1.95. The standard InChI is InChI=1S/C16H26OS/c1-3-4-5-6-7-8-12-16(18)14-10-9-11-15(17)13(14)2/h9-11,16-18H,3-8,12H2,1-2H3. The molecule has 0 spiro atoms. The molecule has 0 saturated heterocycles. The Bertz CT molecular complexity index is 349. The molecule has 0 aromatic heterocycles. The molecule has 0 heterocycles. The largest absolute Gasteiger partial charge is 0.508 e. The predicted molar refractivity (Wildman–Crippen MR) is 82.6 cm³/mol. The Morgan fingerprint density at radius 1 is 1.11 bits per heavy atom. The lowest BCUT2D eigenvalue weighted by atomic mass is 10.00. The summed E-state index contributed by atoms with van der Waals surface area (Å²) in [4.78, 5) is 0. The number of hydrogen-bond acceptors (Lipinski definition) is 2. The van der Waals surface area contributed by atoms with Crippen LogP contribution in [0.3, 0.4) is 0 Å². The summed E-state index contributed by atoms with van der Waals surface area (Å²) >= 11 is 4.67. The Kier molecular flexibility index (Phi) is 7.26. The Morgan fingerprint density at radius 2 is 1.78 bits per heavy atom. The molecule has 102 valence electrons. The first kappa shape index (κ1) is 15.4. The van der Waals surface area contributed by atoms with Gasteiger partial charge in [-0.05, 0) is 30.5 Å². The van der Waals surface area contributed by atoms with Gasteiger partial charge in [-0.15, -0.1) is 0 Å². The number of benzene rings is 1. The zero-order valence-corrected chi connectivity index (χ0v) is 12.5. The van der Waals surface area contributed by atoms with Crippen LogP contribution in [-0.2, 0) is 0 Å². The van der Waals surface area contributed by atoms with E-state index in [9.17, 15) is 5.11 Å². The maximum atomic E-state index is 9.68. The van der Waals surface area contributed by atoms with E-state index in [0.717, 1.165) is 12.0 Å². The summed E-state index contributed by atoms with van der Waals surface area (Å²) in [6.07, 6.45) is 8.99. The fraction of sp³-hybridized carbons (Fsp3) is 0.625. The minimum atomic E-state index is 0.253. The van der Waals surface area contributed by atoms with Gasteiger partial charge in [-0.2, -0.15) is 12.6 Å². The Balaban J connectivity index is 2.32. The van der Waals surface area contributed by atoms with Gasteiger partial charge in [0.2, 0.25) is 0 Å². The molecule has 0 fully saturated rings. The smallest absolute Gasteiger partial charge is 0.118 e. The first-order chi connectivity index (χ1) is 8.66. The van der Waals surface area contributed by atoms with Gasteiger partial charge < -0.3 is 5.11 Å². The molecule has 1 nitrogen and oxygen atoms in total. The molecule has 1 rings (SSSR count). The summed E-state index contributed by atoms with van der Waals surface area (Å²) < 4.78 is 0. The van der Waals surface area contributed by atoms with E-state index >= 15 is 0 Å². The van der Waals surface area contributed by atoms with Crippen molar-refractivity contribution in [1.29, 1.82) is 0 Å². The molecule has 1 unspecified atom stereocenters. The molecule has 2 heteroatoms. The van der Waals surface area contributed by atoms with Gasteiger partial charge in [-0.3, -0.25) is 0 Å². The molecule has 0 amide bonds. The third-order valence-corrected chi connectivity index (χ3v) is 4.07. The van der Waals surface area contributed by atoms with E-state index in [1.807, 2.05) is 13.0 Å². The molecule has 1 N–H and O–H groups in total. The van der Waals surface area contributed by atoms with Crippen LogP contribution in [-0.4, -0.2) is 5.11 Å². The van der Waals surface area contributed by atoms with Gasteiger partial charge in [0.1, 0.15) is 5.75 Å². The number of phenolic OH excluding ortho intramolecular Hbond substituents is 1. The highest BCUT2D eigenvalue weighted by molar-refractivity contribution is 7.80. The van der Waals surface area contributed by atoms with E-state index < -0.39 is 0 Å². The maximum Gasteiger partial charge on any atom is 0.118 e. The second-order valence-electron chi connectivity index (χ2n) is 5.06. The van der Waals surface area contributed by atoms with E-state index in [4.69, 9.17) is 0 Å². The van der Waals surface area contributed by atoms with Gasteiger partial charge in [0.25, 0.3) is 0 Å². The van der Waals surface area contributed by atoms with Crippen LogP contribution >= 0.6 is 12.6 Å². The maximum absolute atomic E-state index is 9.68. The number of phenols is 1. The highest BCUT2D eigenvalue weighted by Gasteiger charge is 2.10. The molecular weight excluding hydrogens is 240 g/mol. The summed E-state index contributed by atoms with van der Waals surface area (Å²) in [6.45, 7) is 4.21. The zero-order chi connectivity index (χ0) is 13.4. The molecule has 0 aliphatic heterocycles. The quantitative estimate of drug-likeness (QED) is 0.475. The van der Waals surface area contributed by atoms with Crippen LogP contribution in [0.15, 0.2) is 18.2 Å². The third-order valence-electron chi connectivity index (χ3n) is 3.54. The van der Waals surface area contributed by atoms with Crippen molar-refractivity contribution >= 4 is 12.6 Å². The van der Waals surface area contributed by atoms with E-state index in [-0.39, 0.29) is 5.25 Å². The van der Waals surface area contributed by atoms with Gasteiger partial charge in [0, 0.05) is 5.25 Å². The van der Waals surface area contributed by atoms with Gasteiger partial charge in [-0.25, -0.2) is 0 Å². The lowest BCUT2D eigenvalue weighted by molar-refractivity contribution is 0.469. The van der Waals surface area contributed by atoms with Crippen LogP contribution in [0, 0.1) is 6.92 Å². The number of unbranched alkanes of at least 4 members (excludes halogenated alkanes) is 5. The second kappa shape index (κ2) is 8.47. The zero-order valence-electron chi connectivity index (χ0n) is 11.7. The van der Waals surface area contributed by atoms with E-state index in [1.54, 1.807) is 6.07 Å². The van der Waals surface area contributed by atoms with Crippen molar-refractivity contribution < 1.29 is 5.11 Å². The van der Waals surface area contributed by atoms with Crippen molar-refractivity contribution in [1.82, 2.24) is 0 Å². The van der Waals surface area contributed by atoms with Crippen LogP contribution in [0.1, 0.15) is 68.2 Å². The summed E-state index contributed by atoms with van der Waals surface area (Å²) in [7, 11) is 0. The fourth-order valence-corrected chi connectivity index (χ4v) is 2.74. The second-order valence-corrected chi connectivity index (χ2v) is 5.69. The van der Waals surface area contributed by atoms with Crippen LogP contribution in [0.5, 0.6) is 5.75 Å². The summed E-state index contributed by atoms with van der Waals surface area (Å²) in [5.41, 5.74) is 2.15. The Labute approximate surface area is 117 Å². The molecule has 1 aromatic rings. The topological polar surface area (TPSA) is 20.2 Å². The van der Waals surface area contributed by atoms with Gasteiger partial charge in [-0.1, -0.05) is 57.6 Å². The van der Waals surface area contributed by atoms with Gasteiger partial charge >= 0.3 is 0 Å². The van der Waals surface area contributed by atoms with Crippen LogP contribution in [0.25, 0.3) is 0 Å². The number of rotatable bonds is 8. The summed E-state index contributed by atoms with van der Waals surface area (Å²) in [6, 6.07) is 5.72. The highest BCUT2D eigenvalue weighted by atomic mass is 32.1. The van der Waals surface area contributed by atoms with E-state index in [0.29, 0.717) is 5.75 Å². The number of aromatic hydroxyl groups is 1. The van der Waals surface area contributed by atoms with Crippen molar-refractivity contribution in [3.05, 3.63) is 29.3 Å². The predicted octanol–water partition coefficient (Wildman–Crippen LogP) is 5.42. The van der Waals surface area contributed by atoms with Crippen LogP contribution in [0.2, 0.25) is 0 Å². The third kappa shape index (κ3) is 4.93. The number of hydrogen-bond donors (Lipinski definition) is 2. The Hall–Kier alpha value is -0.630. The molecule has 0 radical (unpaired) electrons.